The lowest BCUT2D eigenvalue weighted by Crippen LogP contribution is -2.38. The number of benzene rings is 1. The van der Waals surface area contributed by atoms with Crippen LogP contribution < -0.4 is 0 Å². The number of nitrogens with zero attached hydrogens (tertiary/aromatic N) is 2. The number of halogens is 1. The van der Waals surface area contributed by atoms with E-state index in [1.807, 2.05) is 18.0 Å². The molecule has 1 heterocycles. The molecule has 0 aliphatic carbocycles. The first-order valence-corrected chi connectivity index (χ1v) is 8.30. The number of likely N-dealkylation sites (N-methyl/N-ethyl adjacent to an activating group) is 1. The molecule has 0 spiro atoms. The number of piperidine rings is 1. The molecule has 1 amide bonds. The molecular formula is C19H23ClN2O. The first-order valence-electron chi connectivity index (χ1n) is 7.93. The van der Waals surface area contributed by atoms with E-state index in [0.717, 1.165) is 39.0 Å². The fourth-order valence-electron chi connectivity index (χ4n) is 2.61. The van der Waals surface area contributed by atoms with Gasteiger partial charge < -0.3 is 4.90 Å². The minimum Gasteiger partial charge on any atom is -0.339 e. The lowest BCUT2D eigenvalue weighted by molar-refractivity contribution is 0.0708. The highest BCUT2D eigenvalue weighted by atomic mass is 35.5. The highest BCUT2D eigenvalue weighted by Gasteiger charge is 2.22. The van der Waals surface area contributed by atoms with E-state index in [-0.39, 0.29) is 5.91 Å². The number of amides is 1. The standard InChI is InChI=1S/C19H23ClN2O/c1-3-12-21(2)13-4-5-16-10-14-22(15-11-16)19(23)17-6-8-18(20)9-7-17/h3,6-9,16H,1,10-15H2,2H3. The van der Waals surface area contributed by atoms with Gasteiger partial charge in [0, 0.05) is 36.1 Å². The zero-order chi connectivity index (χ0) is 16.7. The summed E-state index contributed by atoms with van der Waals surface area (Å²) in [5.74, 6) is 7.04. The molecule has 0 aromatic heterocycles. The van der Waals surface area contributed by atoms with Crippen molar-refractivity contribution in [2.75, 3.05) is 33.2 Å². The van der Waals surface area contributed by atoms with E-state index >= 15 is 0 Å². The summed E-state index contributed by atoms with van der Waals surface area (Å²) in [6.45, 7) is 6.86. The van der Waals surface area contributed by atoms with E-state index in [9.17, 15) is 4.79 Å². The lowest BCUT2D eigenvalue weighted by Gasteiger charge is -2.30. The first kappa shape index (κ1) is 17.6. The maximum Gasteiger partial charge on any atom is 0.253 e. The van der Waals surface area contributed by atoms with Crippen LogP contribution in [0.3, 0.4) is 0 Å². The molecule has 2 rings (SSSR count). The van der Waals surface area contributed by atoms with Gasteiger partial charge in [0.15, 0.2) is 0 Å². The van der Waals surface area contributed by atoms with E-state index in [2.05, 4.69) is 23.3 Å². The number of carbonyl (C=O) groups excluding carboxylic acids is 1. The fraction of sp³-hybridized carbons (Fsp3) is 0.421. The van der Waals surface area contributed by atoms with Crippen LogP contribution in [-0.2, 0) is 0 Å². The number of likely N-dealkylation sites (tertiary alicyclic amines) is 1. The Kier molecular flexibility index (Phi) is 6.70. The topological polar surface area (TPSA) is 23.6 Å². The molecule has 0 saturated carbocycles. The third kappa shape index (κ3) is 5.42. The Bertz CT molecular complexity index is 592. The molecule has 4 heteroatoms. The fourth-order valence-corrected chi connectivity index (χ4v) is 2.74. The van der Waals surface area contributed by atoms with Crippen molar-refractivity contribution >= 4 is 17.5 Å². The van der Waals surface area contributed by atoms with Gasteiger partial charge in [0.2, 0.25) is 0 Å². The van der Waals surface area contributed by atoms with Gasteiger partial charge in [-0.2, -0.15) is 0 Å². The number of hydrogen-bond acceptors (Lipinski definition) is 2. The number of hydrogen-bond donors (Lipinski definition) is 0. The third-order valence-corrected chi connectivity index (χ3v) is 4.22. The first-order chi connectivity index (χ1) is 11.1. The number of rotatable bonds is 4. The maximum absolute atomic E-state index is 12.4. The van der Waals surface area contributed by atoms with Gasteiger partial charge in [0.25, 0.3) is 5.91 Å². The lowest BCUT2D eigenvalue weighted by atomic mass is 9.97. The Morgan fingerprint density at radius 1 is 1.39 bits per heavy atom. The van der Waals surface area contributed by atoms with Gasteiger partial charge in [-0.05, 0) is 44.2 Å². The molecule has 0 atom stereocenters. The largest absolute Gasteiger partial charge is 0.339 e. The Morgan fingerprint density at radius 3 is 2.65 bits per heavy atom. The van der Waals surface area contributed by atoms with Crippen LogP contribution in [0, 0.1) is 17.8 Å². The number of carbonyl (C=O) groups is 1. The monoisotopic (exact) mass is 330 g/mol. The second-order valence-corrected chi connectivity index (χ2v) is 6.32. The summed E-state index contributed by atoms with van der Waals surface area (Å²) in [5, 5.41) is 0.650. The van der Waals surface area contributed by atoms with Crippen LogP contribution in [0.25, 0.3) is 0 Å². The van der Waals surface area contributed by atoms with Gasteiger partial charge in [-0.25, -0.2) is 0 Å². The molecule has 0 bridgehead atoms. The summed E-state index contributed by atoms with van der Waals surface area (Å²) in [4.78, 5) is 16.5. The van der Waals surface area contributed by atoms with Crippen molar-refractivity contribution < 1.29 is 4.79 Å². The van der Waals surface area contributed by atoms with Gasteiger partial charge in [0.1, 0.15) is 0 Å². The molecule has 3 nitrogen and oxygen atoms in total. The molecule has 122 valence electrons. The van der Waals surface area contributed by atoms with Crippen molar-refractivity contribution in [2.24, 2.45) is 5.92 Å². The zero-order valence-corrected chi connectivity index (χ0v) is 14.4. The van der Waals surface area contributed by atoms with Gasteiger partial charge in [-0.15, -0.1) is 6.58 Å². The van der Waals surface area contributed by atoms with Crippen LogP contribution in [-0.4, -0.2) is 48.9 Å². The Morgan fingerprint density at radius 2 is 2.04 bits per heavy atom. The molecule has 0 radical (unpaired) electrons. The molecule has 0 N–H and O–H groups in total. The molecule has 1 aliphatic rings. The van der Waals surface area contributed by atoms with Crippen LogP contribution in [0.4, 0.5) is 0 Å². The summed E-state index contributed by atoms with van der Waals surface area (Å²) < 4.78 is 0. The van der Waals surface area contributed by atoms with E-state index in [1.54, 1.807) is 24.3 Å². The summed E-state index contributed by atoms with van der Waals surface area (Å²) >= 11 is 5.86. The Labute approximate surface area is 143 Å². The minimum absolute atomic E-state index is 0.0822. The predicted octanol–water partition coefficient (Wildman–Crippen LogP) is 3.31. The SMILES string of the molecule is C=CCN(C)CC#CC1CCN(C(=O)c2ccc(Cl)cc2)CC1. The van der Waals surface area contributed by atoms with Crippen molar-refractivity contribution in [2.45, 2.75) is 12.8 Å². The van der Waals surface area contributed by atoms with Gasteiger partial charge in [0.05, 0.1) is 6.54 Å². The maximum atomic E-state index is 12.4. The van der Waals surface area contributed by atoms with Crippen molar-refractivity contribution in [3.05, 3.63) is 47.5 Å². The smallest absolute Gasteiger partial charge is 0.253 e. The summed E-state index contributed by atoms with van der Waals surface area (Å²) in [6, 6.07) is 7.08. The van der Waals surface area contributed by atoms with Crippen LogP contribution in [0.1, 0.15) is 23.2 Å². The van der Waals surface area contributed by atoms with Crippen LogP contribution in [0.2, 0.25) is 5.02 Å². The predicted molar refractivity (Wildman–Crippen MR) is 95.5 cm³/mol. The molecule has 1 aromatic rings. The molecule has 1 saturated heterocycles. The van der Waals surface area contributed by atoms with Crippen molar-refractivity contribution in [3.8, 4) is 11.8 Å². The van der Waals surface area contributed by atoms with Crippen LogP contribution in [0.5, 0.6) is 0 Å². The minimum atomic E-state index is 0.0822. The van der Waals surface area contributed by atoms with Crippen LogP contribution >= 0.6 is 11.6 Å². The summed E-state index contributed by atoms with van der Waals surface area (Å²) in [5.41, 5.74) is 0.699. The second-order valence-electron chi connectivity index (χ2n) is 5.88. The van der Waals surface area contributed by atoms with E-state index in [4.69, 9.17) is 11.6 Å². The highest BCUT2D eigenvalue weighted by Crippen LogP contribution is 2.19. The van der Waals surface area contributed by atoms with E-state index in [1.165, 1.54) is 0 Å². The highest BCUT2D eigenvalue weighted by molar-refractivity contribution is 6.30. The zero-order valence-electron chi connectivity index (χ0n) is 13.6. The normalized spacial score (nSPS) is 15.2. The average molecular weight is 331 g/mol. The molecule has 0 unspecified atom stereocenters. The van der Waals surface area contributed by atoms with Crippen molar-refractivity contribution in [1.82, 2.24) is 9.80 Å². The third-order valence-electron chi connectivity index (χ3n) is 3.97. The van der Waals surface area contributed by atoms with Gasteiger partial charge in [-0.1, -0.05) is 29.5 Å². The van der Waals surface area contributed by atoms with Crippen molar-refractivity contribution in [1.29, 1.82) is 0 Å². The van der Waals surface area contributed by atoms with E-state index in [0.29, 0.717) is 16.5 Å². The molecule has 1 aromatic carbocycles. The molecule has 1 aliphatic heterocycles. The van der Waals surface area contributed by atoms with Crippen molar-refractivity contribution in [3.63, 3.8) is 0 Å². The van der Waals surface area contributed by atoms with Gasteiger partial charge >= 0.3 is 0 Å². The summed E-state index contributed by atoms with van der Waals surface area (Å²) in [6.07, 6.45) is 3.76. The second kappa shape index (κ2) is 8.76. The molecule has 1 fully saturated rings. The Hall–Kier alpha value is -1.76. The van der Waals surface area contributed by atoms with Gasteiger partial charge in [-0.3, -0.25) is 9.69 Å². The van der Waals surface area contributed by atoms with E-state index < -0.39 is 0 Å². The Balaban J connectivity index is 1.81. The molecular weight excluding hydrogens is 308 g/mol. The average Bonchev–Trinajstić information content (AvgIpc) is 2.56. The quantitative estimate of drug-likeness (QED) is 0.624. The molecule has 23 heavy (non-hydrogen) atoms. The summed E-state index contributed by atoms with van der Waals surface area (Å²) in [7, 11) is 2.03. The van der Waals surface area contributed by atoms with Crippen LogP contribution in [0.15, 0.2) is 36.9 Å².